The minimum absolute atomic E-state index is 0.0336. The molecule has 0 amide bonds. The molecule has 0 aliphatic rings. The first-order valence-corrected chi connectivity index (χ1v) is 5.48. The van der Waals surface area contributed by atoms with Gasteiger partial charge < -0.3 is 5.73 Å². The van der Waals surface area contributed by atoms with Crippen molar-refractivity contribution in [3.63, 3.8) is 0 Å². The van der Waals surface area contributed by atoms with Crippen molar-refractivity contribution >= 4 is 17.4 Å². The number of halogens is 1. The first-order chi connectivity index (χ1) is 7.10. The number of Topliss-reactive ketones (excluding diaryl/α,β-unsaturated/α-hetero) is 1. The quantitative estimate of drug-likeness (QED) is 0.785. The number of ketones is 1. The Balaban J connectivity index is 2.85. The standard InChI is InChI=1S/C10H16ClN3O/c1-3-7(12)5-9(15)10-8(11)6-13-14(10)4-2/h6-7H,3-5,12H2,1-2H3. The molecule has 0 spiro atoms. The van der Waals surface area contributed by atoms with Gasteiger partial charge in [-0.2, -0.15) is 5.10 Å². The summed E-state index contributed by atoms with van der Waals surface area (Å²) in [6.45, 7) is 4.51. The number of hydrogen-bond donors (Lipinski definition) is 1. The summed E-state index contributed by atoms with van der Waals surface area (Å²) >= 11 is 5.90. The van der Waals surface area contributed by atoms with Crippen molar-refractivity contribution in [1.29, 1.82) is 0 Å². The van der Waals surface area contributed by atoms with Crippen LogP contribution in [0.15, 0.2) is 6.20 Å². The highest BCUT2D eigenvalue weighted by atomic mass is 35.5. The molecule has 5 heteroatoms. The van der Waals surface area contributed by atoms with E-state index in [9.17, 15) is 4.79 Å². The van der Waals surface area contributed by atoms with Gasteiger partial charge in [0.05, 0.1) is 11.2 Å². The summed E-state index contributed by atoms with van der Waals surface area (Å²) in [5, 5.41) is 4.42. The van der Waals surface area contributed by atoms with Crippen LogP contribution < -0.4 is 5.73 Å². The second-order valence-electron chi connectivity index (χ2n) is 3.45. The summed E-state index contributed by atoms with van der Waals surface area (Å²) in [5.41, 5.74) is 6.20. The number of aryl methyl sites for hydroxylation is 1. The summed E-state index contributed by atoms with van der Waals surface area (Å²) in [6, 6.07) is -0.103. The van der Waals surface area contributed by atoms with Crippen LogP contribution in [0.5, 0.6) is 0 Å². The monoisotopic (exact) mass is 229 g/mol. The van der Waals surface area contributed by atoms with Gasteiger partial charge in [-0.1, -0.05) is 18.5 Å². The van der Waals surface area contributed by atoms with Crippen LogP contribution in [0.2, 0.25) is 5.02 Å². The van der Waals surface area contributed by atoms with Gasteiger partial charge in [0.1, 0.15) is 5.69 Å². The SMILES string of the molecule is CCC(N)CC(=O)c1c(Cl)cnn1CC. The van der Waals surface area contributed by atoms with Gasteiger partial charge in [0.2, 0.25) is 0 Å². The molecule has 0 radical (unpaired) electrons. The molecular weight excluding hydrogens is 214 g/mol. The fourth-order valence-electron chi connectivity index (χ4n) is 1.36. The number of carbonyl (C=O) groups excluding carboxylic acids is 1. The Hall–Kier alpha value is -0.870. The fourth-order valence-corrected chi connectivity index (χ4v) is 1.61. The summed E-state index contributed by atoms with van der Waals surface area (Å²) in [7, 11) is 0. The first-order valence-electron chi connectivity index (χ1n) is 5.10. The average Bonchev–Trinajstić information content (AvgIpc) is 2.59. The molecule has 0 bridgehead atoms. The van der Waals surface area contributed by atoms with Crippen LogP contribution in [0, 0.1) is 0 Å². The van der Waals surface area contributed by atoms with Crippen LogP contribution in [0.3, 0.4) is 0 Å². The zero-order valence-electron chi connectivity index (χ0n) is 9.03. The van der Waals surface area contributed by atoms with E-state index in [1.54, 1.807) is 4.68 Å². The second kappa shape index (κ2) is 5.28. The molecule has 0 aliphatic carbocycles. The maximum Gasteiger partial charge on any atom is 0.183 e. The topological polar surface area (TPSA) is 60.9 Å². The van der Waals surface area contributed by atoms with Crippen molar-refractivity contribution < 1.29 is 4.79 Å². The zero-order valence-corrected chi connectivity index (χ0v) is 9.79. The lowest BCUT2D eigenvalue weighted by atomic mass is 10.1. The predicted molar refractivity (Wildman–Crippen MR) is 60.1 cm³/mol. The number of nitrogens with zero attached hydrogens (tertiary/aromatic N) is 2. The third-order valence-corrected chi connectivity index (χ3v) is 2.61. The summed E-state index contributed by atoms with van der Waals surface area (Å²) in [5.74, 6) is -0.0336. The van der Waals surface area contributed by atoms with Gasteiger partial charge in [-0.3, -0.25) is 9.48 Å². The number of hydrogen-bond acceptors (Lipinski definition) is 3. The van der Waals surface area contributed by atoms with E-state index in [-0.39, 0.29) is 11.8 Å². The Morgan fingerprint density at radius 3 is 2.87 bits per heavy atom. The number of nitrogens with two attached hydrogens (primary N) is 1. The Morgan fingerprint density at radius 1 is 1.67 bits per heavy atom. The minimum Gasteiger partial charge on any atom is -0.327 e. The lowest BCUT2D eigenvalue weighted by Gasteiger charge is -2.08. The number of carbonyl (C=O) groups is 1. The second-order valence-corrected chi connectivity index (χ2v) is 3.86. The van der Waals surface area contributed by atoms with Gasteiger partial charge in [0.15, 0.2) is 5.78 Å². The molecule has 0 aromatic carbocycles. The summed E-state index contributed by atoms with van der Waals surface area (Å²) < 4.78 is 1.60. The lowest BCUT2D eigenvalue weighted by Crippen LogP contribution is -2.24. The fraction of sp³-hybridized carbons (Fsp3) is 0.600. The highest BCUT2D eigenvalue weighted by molar-refractivity contribution is 6.33. The van der Waals surface area contributed by atoms with Gasteiger partial charge in [0.25, 0.3) is 0 Å². The Morgan fingerprint density at radius 2 is 2.33 bits per heavy atom. The molecule has 15 heavy (non-hydrogen) atoms. The Bertz CT molecular complexity index is 348. The van der Waals surface area contributed by atoms with E-state index in [2.05, 4.69) is 5.10 Å². The maximum absolute atomic E-state index is 11.9. The highest BCUT2D eigenvalue weighted by Crippen LogP contribution is 2.17. The van der Waals surface area contributed by atoms with Crippen molar-refractivity contribution in [2.75, 3.05) is 0 Å². The van der Waals surface area contributed by atoms with Crippen LogP contribution in [0.4, 0.5) is 0 Å². The highest BCUT2D eigenvalue weighted by Gasteiger charge is 2.18. The molecule has 84 valence electrons. The average molecular weight is 230 g/mol. The van der Waals surface area contributed by atoms with E-state index in [1.165, 1.54) is 6.20 Å². The van der Waals surface area contributed by atoms with E-state index >= 15 is 0 Å². The zero-order chi connectivity index (χ0) is 11.4. The maximum atomic E-state index is 11.9. The van der Waals surface area contributed by atoms with E-state index < -0.39 is 0 Å². The minimum atomic E-state index is -0.103. The molecule has 0 aliphatic heterocycles. The molecule has 0 saturated carbocycles. The van der Waals surface area contributed by atoms with Crippen LogP contribution >= 0.6 is 11.6 Å². The van der Waals surface area contributed by atoms with Crippen LogP contribution in [0.1, 0.15) is 37.2 Å². The molecule has 1 rings (SSSR count). The third-order valence-electron chi connectivity index (χ3n) is 2.33. The molecule has 1 unspecified atom stereocenters. The normalized spacial score (nSPS) is 12.8. The summed E-state index contributed by atoms with van der Waals surface area (Å²) in [4.78, 5) is 11.9. The van der Waals surface area contributed by atoms with Crippen LogP contribution in [0.25, 0.3) is 0 Å². The van der Waals surface area contributed by atoms with Crippen LogP contribution in [-0.2, 0) is 6.54 Å². The van der Waals surface area contributed by atoms with Gasteiger partial charge >= 0.3 is 0 Å². The third kappa shape index (κ3) is 2.79. The molecule has 1 aromatic rings. The molecule has 4 nitrogen and oxygen atoms in total. The predicted octanol–water partition coefficient (Wildman–Crippen LogP) is 1.87. The van der Waals surface area contributed by atoms with E-state index in [0.717, 1.165) is 6.42 Å². The largest absolute Gasteiger partial charge is 0.327 e. The van der Waals surface area contributed by atoms with Crippen molar-refractivity contribution in [3.8, 4) is 0 Å². The molecule has 1 heterocycles. The smallest absolute Gasteiger partial charge is 0.183 e. The van der Waals surface area contributed by atoms with E-state index in [4.69, 9.17) is 17.3 Å². The molecule has 1 aromatic heterocycles. The Labute approximate surface area is 94.4 Å². The molecule has 2 N–H and O–H groups in total. The van der Waals surface area contributed by atoms with Gasteiger partial charge in [0, 0.05) is 19.0 Å². The van der Waals surface area contributed by atoms with Gasteiger partial charge in [-0.05, 0) is 13.3 Å². The van der Waals surface area contributed by atoms with E-state index in [1.807, 2.05) is 13.8 Å². The number of aromatic nitrogens is 2. The van der Waals surface area contributed by atoms with E-state index in [0.29, 0.717) is 23.7 Å². The van der Waals surface area contributed by atoms with Crippen molar-refractivity contribution in [1.82, 2.24) is 9.78 Å². The van der Waals surface area contributed by atoms with Gasteiger partial charge in [-0.15, -0.1) is 0 Å². The molecule has 0 fully saturated rings. The summed E-state index contributed by atoms with van der Waals surface area (Å²) in [6.07, 6.45) is 2.60. The molecule has 0 saturated heterocycles. The Kier molecular flexibility index (Phi) is 4.29. The van der Waals surface area contributed by atoms with Crippen molar-refractivity contribution in [2.45, 2.75) is 39.3 Å². The molecular formula is C10H16ClN3O. The van der Waals surface area contributed by atoms with Crippen LogP contribution in [-0.4, -0.2) is 21.6 Å². The van der Waals surface area contributed by atoms with Crippen molar-refractivity contribution in [3.05, 3.63) is 16.9 Å². The van der Waals surface area contributed by atoms with Gasteiger partial charge in [-0.25, -0.2) is 0 Å². The number of rotatable bonds is 5. The lowest BCUT2D eigenvalue weighted by molar-refractivity contribution is 0.0963. The first kappa shape index (κ1) is 12.2. The van der Waals surface area contributed by atoms with Crippen molar-refractivity contribution in [2.24, 2.45) is 5.73 Å². The molecule has 1 atom stereocenters.